The third-order valence-electron chi connectivity index (χ3n) is 25.7. The molecule has 5 amide bonds. The Bertz CT molecular complexity index is 5500. The highest BCUT2D eigenvalue weighted by molar-refractivity contribution is 6.04. The first kappa shape index (κ1) is 88.0. The molecule has 15 rings (SSSR count). The van der Waals surface area contributed by atoms with Crippen LogP contribution in [0.1, 0.15) is 159 Å². The maximum Gasteiger partial charge on any atom is 0.255 e. The van der Waals surface area contributed by atoms with Crippen LogP contribution in [0.4, 0.5) is 45.8 Å². The number of piperazine rings is 3. The molecule has 6 fully saturated rings. The van der Waals surface area contributed by atoms with Gasteiger partial charge in [0.05, 0.1) is 52.9 Å². The number of carbonyl (C=O) groups is 5. The zero-order chi connectivity index (χ0) is 87.4. The number of aromatic nitrogens is 3. The molecule has 0 saturated carbocycles. The fourth-order valence-electron chi connectivity index (χ4n) is 19.2. The van der Waals surface area contributed by atoms with Crippen LogP contribution in [0.25, 0.3) is 0 Å². The van der Waals surface area contributed by atoms with Crippen LogP contribution in [0.3, 0.4) is 0 Å². The number of aliphatic hydroxyl groups is 1. The SMILES string of the molecule is Cc1ccc(N2CCC(Cc3c(C)cc(C)c(C(=O)N4CCN(c5cccnn5)[C@H](CO)C4)c3C)CC2)c(C#N)c1.Cc1ccc(N2CCC(Nc3c(C)cc(C)c(C(=O)N4CCN(c5ccccc5)C(C(N)=O)C4)c3C)CC2)c(C#N)c1.Cc1ccc(N2CCC(Nc3c(C)cc(C)c(C(=O)N4CCN(c5ccccn5)C(=O)C4)c3C)CC2)c(C#N)c1. The quantitative estimate of drug-likeness (QED) is 0.0658. The number of nitrogens with zero attached hydrogens (tertiary/aromatic N) is 15. The predicted molar refractivity (Wildman–Crippen MR) is 487 cm³/mol. The lowest BCUT2D eigenvalue weighted by atomic mass is 9.83. The summed E-state index contributed by atoms with van der Waals surface area (Å²) >= 11 is 0. The van der Waals surface area contributed by atoms with Gasteiger partial charge in [-0.1, -0.05) is 60.7 Å². The van der Waals surface area contributed by atoms with Gasteiger partial charge in [0.2, 0.25) is 11.8 Å². The standard InChI is InChI=1S/C34H40N6O2.C33H40N6O2.C32H36N6O2/c1-22-10-11-29(26(18-22)20-35)38-14-12-27(13-15-38)37-32-24(3)19-23(2)31(25(32)4)34(42)39-16-17-40(30(21-39)33(36)41)28-8-6-5-7-9-28;1-22-7-8-30(27(16-22)19-34)37-12-9-26(10-13-37)18-29-23(2)17-24(3)32(25(29)4)33(41)38-14-15-39(28(20-38)21-40)31-6-5-11-35-36-31;1-21-8-9-27(25(17-21)19-33)36-13-10-26(11-14-36)35-31-23(3)18-22(2)30(24(31)4)32(40)37-15-16-38(29(39)20-37)28-7-5-6-12-34-28/h5-11,18-19,27,30,37H,12-17,21H2,1-4H3,(H2,36,41);5-8,11,16-17,26,28,40H,9-10,12-15,18,20-21H2,1-4H3;5-9,12,17-18,26,35H,10-11,13-16,20H2,1-4H3/t;28-;/m.0./s1. The van der Waals surface area contributed by atoms with E-state index in [1.807, 2.05) is 149 Å². The fraction of sp³-hybridized carbons (Fsp3) is 0.404. The molecule has 24 heteroatoms. The van der Waals surface area contributed by atoms with Gasteiger partial charge in [0, 0.05) is 143 Å². The largest absolute Gasteiger partial charge is 0.394 e. The number of carbonyl (C=O) groups excluding carboxylic acids is 5. The summed E-state index contributed by atoms with van der Waals surface area (Å²) in [6.45, 7) is 33.5. The maximum atomic E-state index is 14.0. The molecule has 5 N–H and O–H groups in total. The van der Waals surface area contributed by atoms with Gasteiger partial charge < -0.3 is 60.7 Å². The van der Waals surface area contributed by atoms with Crippen LogP contribution in [0.5, 0.6) is 0 Å². The Hall–Kier alpha value is -12.9. The fourth-order valence-corrected chi connectivity index (χ4v) is 19.2. The Balaban J connectivity index is 0.000000159. The van der Waals surface area contributed by atoms with Gasteiger partial charge in [0.15, 0.2) is 5.82 Å². The number of amides is 5. The number of nitriles is 3. The lowest BCUT2D eigenvalue weighted by Gasteiger charge is -2.41. The Kier molecular flexibility index (Phi) is 28.1. The molecule has 8 heterocycles. The summed E-state index contributed by atoms with van der Waals surface area (Å²) in [6.07, 6.45) is 10.1. The average molecular weight is 1650 g/mol. The molecule has 6 aliphatic rings. The Morgan fingerprint density at radius 3 is 1.37 bits per heavy atom. The average Bonchev–Trinajstić information content (AvgIpc) is 0.779. The summed E-state index contributed by atoms with van der Waals surface area (Å²) in [7, 11) is 0. The number of hydrogen-bond donors (Lipinski definition) is 4. The number of anilines is 8. The lowest BCUT2D eigenvalue weighted by Crippen LogP contribution is -2.59. The van der Waals surface area contributed by atoms with Crippen LogP contribution in [-0.2, 0) is 16.0 Å². The Morgan fingerprint density at radius 2 is 0.911 bits per heavy atom. The van der Waals surface area contributed by atoms with E-state index in [9.17, 15) is 44.9 Å². The molecule has 7 aromatic carbocycles. The van der Waals surface area contributed by atoms with Crippen molar-refractivity contribution in [3.63, 3.8) is 0 Å². The second kappa shape index (κ2) is 39.3. The number of para-hydroxylation sites is 1. The number of primary amides is 1. The molecule has 0 radical (unpaired) electrons. The number of nitrogens with two attached hydrogens (primary N) is 1. The lowest BCUT2D eigenvalue weighted by molar-refractivity contribution is -0.121. The topological polar surface area (TPSA) is 295 Å². The highest BCUT2D eigenvalue weighted by Gasteiger charge is 2.38. The van der Waals surface area contributed by atoms with Crippen molar-refractivity contribution in [3.05, 3.63) is 252 Å². The number of pyridine rings is 1. The van der Waals surface area contributed by atoms with Gasteiger partial charge in [-0.2, -0.15) is 20.9 Å². The van der Waals surface area contributed by atoms with Gasteiger partial charge in [0.25, 0.3) is 17.7 Å². The number of nitrogens with one attached hydrogen (secondary N) is 2. The van der Waals surface area contributed by atoms with E-state index in [-0.39, 0.29) is 61.5 Å². The molecule has 638 valence electrons. The zero-order valence-electron chi connectivity index (χ0n) is 73.3. The number of aryl methyl sites for hydroxylation is 9. The summed E-state index contributed by atoms with van der Waals surface area (Å²) < 4.78 is 0. The molecular formula is C99H116N18O6. The number of benzene rings is 7. The smallest absolute Gasteiger partial charge is 0.255 e. The van der Waals surface area contributed by atoms with E-state index < -0.39 is 11.9 Å². The number of rotatable bonds is 17. The summed E-state index contributed by atoms with van der Waals surface area (Å²) in [5.74, 6) is 1.17. The minimum Gasteiger partial charge on any atom is -0.394 e. The minimum absolute atomic E-state index is 0.0348. The highest BCUT2D eigenvalue weighted by Crippen LogP contribution is 2.38. The summed E-state index contributed by atoms with van der Waals surface area (Å²) in [4.78, 5) is 89.3. The number of piperidine rings is 3. The number of hydrogen-bond acceptors (Lipinski definition) is 19. The van der Waals surface area contributed by atoms with Crippen molar-refractivity contribution in [2.75, 3.05) is 145 Å². The Morgan fingerprint density at radius 1 is 0.463 bits per heavy atom. The molecule has 0 bridgehead atoms. The van der Waals surface area contributed by atoms with E-state index in [0.29, 0.717) is 68.7 Å². The molecule has 24 nitrogen and oxygen atoms in total. The first-order chi connectivity index (χ1) is 59.2. The van der Waals surface area contributed by atoms with Crippen molar-refractivity contribution in [2.24, 2.45) is 11.7 Å². The van der Waals surface area contributed by atoms with Crippen molar-refractivity contribution < 1.29 is 29.1 Å². The van der Waals surface area contributed by atoms with E-state index in [4.69, 9.17) is 5.73 Å². The van der Waals surface area contributed by atoms with Gasteiger partial charge in [-0.3, -0.25) is 28.9 Å². The molecule has 1 unspecified atom stereocenters. The Labute approximate surface area is 724 Å². The molecule has 0 spiro atoms. The van der Waals surface area contributed by atoms with Crippen molar-refractivity contribution in [1.82, 2.24) is 29.9 Å². The van der Waals surface area contributed by atoms with E-state index in [2.05, 4.69) is 141 Å². The molecule has 0 aliphatic carbocycles. The van der Waals surface area contributed by atoms with Crippen LogP contribution in [0.2, 0.25) is 0 Å². The first-order valence-electron chi connectivity index (χ1n) is 43.2. The van der Waals surface area contributed by atoms with E-state index in [1.54, 1.807) is 27.1 Å². The molecule has 2 atom stereocenters. The van der Waals surface area contributed by atoms with Crippen molar-refractivity contribution >= 4 is 75.3 Å². The first-order valence-corrected chi connectivity index (χ1v) is 43.2. The van der Waals surface area contributed by atoms with Crippen molar-refractivity contribution in [2.45, 2.75) is 152 Å². The monoisotopic (exact) mass is 1650 g/mol. The molecule has 6 aliphatic heterocycles. The normalized spacial score (nSPS) is 17.3. The van der Waals surface area contributed by atoms with E-state index >= 15 is 0 Å². The van der Waals surface area contributed by atoms with Crippen LogP contribution >= 0.6 is 0 Å². The summed E-state index contributed by atoms with van der Waals surface area (Å²) in [6, 6.07) is 50.3. The second-order valence-electron chi connectivity index (χ2n) is 34.1. The maximum absolute atomic E-state index is 14.0. The minimum atomic E-state index is -0.589. The highest BCUT2D eigenvalue weighted by atomic mass is 16.3. The summed E-state index contributed by atoms with van der Waals surface area (Å²) in [5.41, 5.74) is 30.0. The number of aliphatic hydroxyl groups excluding tert-OH is 1. The van der Waals surface area contributed by atoms with Gasteiger partial charge in [-0.15, -0.1) is 5.10 Å². The van der Waals surface area contributed by atoms with Crippen LogP contribution < -0.4 is 45.8 Å². The molecule has 9 aromatic rings. The van der Waals surface area contributed by atoms with Gasteiger partial charge in [-0.05, 0) is 279 Å². The van der Waals surface area contributed by atoms with Gasteiger partial charge in [0.1, 0.15) is 36.6 Å². The third kappa shape index (κ3) is 19.9. The zero-order valence-corrected chi connectivity index (χ0v) is 73.3. The van der Waals surface area contributed by atoms with Crippen LogP contribution in [0, 0.1) is 123 Å². The van der Waals surface area contributed by atoms with Crippen molar-refractivity contribution in [3.8, 4) is 18.2 Å². The van der Waals surface area contributed by atoms with E-state index in [0.717, 1.165) is 208 Å². The van der Waals surface area contributed by atoms with Crippen molar-refractivity contribution in [1.29, 1.82) is 15.8 Å². The van der Waals surface area contributed by atoms with Crippen LogP contribution in [-0.4, -0.2) is 193 Å². The molecular weight excluding hydrogens is 1540 g/mol. The second-order valence-corrected chi connectivity index (χ2v) is 34.1. The van der Waals surface area contributed by atoms with Crippen LogP contribution in [0.15, 0.2) is 146 Å². The molecule has 2 aromatic heterocycles. The van der Waals surface area contributed by atoms with Gasteiger partial charge in [-0.25, -0.2) is 4.98 Å². The predicted octanol–water partition coefficient (Wildman–Crippen LogP) is 13.8. The molecule has 123 heavy (non-hydrogen) atoms. The van der Waals surface area contributed by atoms with Gasteiger partial charge >= 0.3 is 0 Å². The molecule has 6 saturated heterocycles. The third-order valence-corrected chi connectivity index (χ3v) is 25.7. The summed E-state index contributed by atoms with van der Waals surface area (Å²) in [5, 5.41) is 54.7. The van der Waals surface area contributed by atoms with E-state index in [1.165, 1.54) is 11.1 Å².